The van der Waals surface area contributed by atoms with Crippen molar-refractivity contribution in [3.63, 3.8) is 0 Å². The van der Waals surface area contributed by atoms with E-state index in [2.05, 4.69) is 39.7 Å². The molecule has 2 aliphatic rings. The van der Waals surface area contributed by atoms with Crippen molar-refractivity contribution >= 4 is 34.8 Å². The van der Waals surface area contributed by atoms with Gasteiger partial charge in [-0.2, -0.15) is 0 Å². The largest absolute Gasteiger partial charge is 0.453 e. The van der Waals surface area contributed by atoms with Gasteiger partial charge in [0.2, 0.25) is 0 Å². The number of aliphatic hydroxyl groups is 1. The highest BCUT2D eigenvalue weighted by Gasteiger charge is 2.49. The highest BCUT2D eigenvalue weighted by atomic mass is 127. The Labute approximate surface area is 251 Å². The number of benzene rings is 2. The molecule has 2 N–H and O–H groups in total. The first-order valence-electron chi connectivity index (χ1n) is 13.9. The first kappa shape index (κ1) is 30.2. The molecule has 0 radical (unpaired) electrons. The van der Waals surface area contributed by atoms with Crippen molar-refractivity contribution in [1.29, 1.82) is 0 Å². The molecule has 1 saturated carbocycles. The van der Waals surface area contributed by atoms with Gasteiger partial charge in [0.05, 0.1) is 12.7 Å². The number of cyclic esters (lactones) is 1. The van der Waals surface area contributed by atoms with E-state index in [-0.39, 0.29) is 0 Å². The van der Waals surface area contributed by atoms with Crippen LogP contribution in [0.1, 0.15) is 82.4 Å². The summed E-state index contributed by atoms with van der Waals surface area (Å²) in [6, 6.07) is 17.6. The smallest absolute Gasteiger partial charge is 0.412 e. The number of ether oxygens (including phenoxy) is 2. The van der Waals surface area contributed by atoms with Gasteiger partial charge in [0.25, 0.3) is 0 Å². The number of alkyl carbamates (subject to hydrolysis) is 1. The number of methoxy groups -OCH3 is 1. The maximum Gasteiger partial charge on any atom is 0.412 e. The molecule has 8 heteroatoms. The molecule has 1 aliphatic carbocycles. The molecule has 214 valence electrons. The topological polar surface area (TPSA) is 88.1 Å². The molecule has 1 aliphatic heterocycles. The van der Waals surface area contributed by atoms with Crippen LogP contribution in [0.15, 0.2) is 54.6 Å². The minimum atomic E-state index is -1.01. The monoisotopic (exact) mass is 658 g/mol. The summed E-state index contributed by atoms with van der Waals surface area (Å²) in [5, 5.41) is 13.6. The Hall–Kier alpha value is -2.77. The van der Waals surface area contributed by atoms with Crippen molar-refractivity contribution in [2.75, 3.05) is 13.7 Å². The molecule has 4 rings (SSSR count). The molecule has 2 amide bonds. The Morgan fingerprint density at radius 1 is 1.07 bits per heavy atom. The Balaban J connectivity index is 1.52. The molecule has 2 aromatic carbocycles. The van der Waals surface area contributed by atoms with Crippen LogP contribution >= 0.6 is 22.6 Å². The molecule has 7 nitrogen and oxygen atoms in total. The summed E-state index contributed by atoms with van der Waals surface area (Å²) in [5.74, 6) is 6.57. The number of amides is 2. The molecule has 2 fully saturated rings. The summed E-state index contributed by atoms with van der Waals surface area (Å²) in [6.45, 7) is 5.96. The third-order valence-electron chi connectivity index (χ3n) is 7.86. The van der Waals surface area contributed by atoms with E-state index in [9.17, 15) is 14.7 Å². The van der Waals surface area contributed by atoms with E-state index in [0.29, 0.717) is 19.4 Å². The fourth-order valence-electron chi connectivity index (χ4n) is 5.80. The van der Waals surface area contributed by atoms with Gasteiger partial charge in [0, 0.05) is 24.9 Å². The minimum Gasteiger partial charge on any atom is -0.453 e. The van der Waals surface area contributed by atoms with Gasteiger partial charge in [-0.25, -0.2) is 9.59 Å². The van der Waals surface area contributed by atoms with E-state index < -0.39 is 32.5 Å². The third-order valence-corrected chi connectivity index (χ3v) is 9.06. The summed E-state index contributed by atoms with van der Waals surface area (Å²) in [5.41, 5.74) is 0.194. The van der Waals surface area contributed by atoms with Crippen LogP contribution in [0.25, 0.3) is 0 Å². The number of carbonyl (C=O) groups excluding carboxylic acids is 2. The van der Waals surface area contributed by atoms with Crippen LogP contribution in [0.3, 0.4) is 0 Å². The van der Waals surface area contributed by atoms with Crippen LogP contribution in [0.4, 0.5) is 9.59 Å². The van der Waals surface area contributed by atoms with Crippen LogP contribution in [0.2, 0.25) is 0 Å². The zero-order valence-electron chi connectivity index (χ0n) is 23.8. The summed E-state index contributed by atoms with van der Waals surface area (Å²) in [6.07, 6.45) is 4.76. The number of carbonyl (C=O) groups is 2. The maximum atomic E-state index is 13.5. The average molecular weight is 659 g/mol. The van der Waals surface area contributed by atoms with Crippen LogP contribution in [-0.2, 0) is 18.6 Å². The highest BCUT2D eigenvalue weighted by Crippen LogP contribution is 2.45. The lowest BCUT2D eigenvalue weighted by Gasteiger charge is -2.47. The molecular weight excluding hydrogens is 619 g/mol. The molecule has 0 bridgehead atoms. The highest BCUT2D eigenvalue weighted by molar-refractivity contribution is 14.1. The van der Waals surface area contributed by atoms with Gasteiger partial charge in [0.15, 0.2) is 0 Å². The number of alkyl halides is 1. The van der Waals surface area contributed by atoms with Gasteiger partial charge in [-0.05, 0) is 79.5 Å². The molecule has 2 atom stereocenters. The van der Waals surface area contributed by atoms with Crippen LogP contribution < -0.4 is 5.32 Å². The second-order valence-corrected chi connectivity index (χ2v) is 13.8. The lowest BCUT2D eigenvalue weighted by molar-refractivity contribution is -0.102. The van der Waals surface area contributed by atoms with Gasteiger partial charge in [-0.1, -0.05) is 73.6 Å². The van der Waals surface area contributed by atoms with Crippen LogP contribution in [-0.4, -0.2) is 47.0 Å². The number of halogens is 1. The summed E-state index contributed by atoms with van der Waals surface area (Å²) >= 11 is 2.30. The second-order valence-electron chi connectivity index (χ2n) is 11.7. The number of hydrogen-bond donors (Lipinski definition) is 2. The SMILES string of the molecule is COC(=O)NC1(C#Cc2ccc([C@](C)(I)N3CCC(CC(C)(C)O)(c4ccccc4)OC3=O)cc2)CCCCC1. The standard InChI is InChI=1S/C32H39IN2O5/c1-29(2,38)23-32(26-11-7-5-8-12-26)21-22-35(28(37)40-32)30(3,33)25-15-13-24(14-16-25)17-20-31(34-27(36)39-4)18-9-6-10-19-31/h5,7-8,11-16,38H,6,9-10,18-19,21-23H2,1-4H3,(H,34,36)/t30-,32?/m1/s1. The van der Waals surface area contributed by atoms with Gasteiger partial charge in [-0.15, -0.1) is 0 Å². The predicted molar refractivity (Wildman–Crippen MR) is 163 cm³/mol. The van der Waals surface area contributed by atoms with E-state index in [0.717, 1.165) is 48.8 Å². The zero-order valence-corrected chi connectivity index (χ0v) is 25.9. The maximum absolute atomic E-state index is 13.5. The summed E-state index contributed by atoms with van der Waals surface area (Å²) in [4.78, 5) is 27.2. The Morgan fingerprint density at radius 3 is 2.30 bits per heavy atom. The first-order chi connectivity index (χ1) is 18.9. The number of nitrogens with one attached hydrogen (secondary N) is 1. The van der Waals surface area contributed by atoms with Gasteiger partial charge >= 0.3 is 12.2 Å². The first-order valence-corrected chi connectivity index (χ1v) is 14.9. The number of rotatable bonds is 6. The Morgan fingerprint density at radius 2 is 1.73 bits per heavy atom. The fraction of sp³-hybridized carbons (Fsp3) is 0.500. The van der Waals surface area contributed by atoms with E-state index in [4.69, 9.17) is 9.47 Å². The van der Waals surface area contributed by atoms with Crippen molar-refractivity contribution in [3.8, 4) is 11.8 Å². The lowest BCUT2D eigenvalue weighted by atomic mass is 9.80. The molecule has 1 saturated heterocycles. The Bertz CT molecular complexity index is 1250. The number of hydrogen-bond acceptors (Lipinski definition) is 5. The van der Waals surface area contributed by atoms with Crippen LogP contribution in [0, 0.1) is 11.8 Å². The van der Waals surface area contributed by atoms with E-state index in [1.54, 1.807) is 18.7 Å². The van der Waals surface area contributed by atoms with Gasteiger partial charge in [-0.3, -0.25) is 4.90 Å². The van der Waals surface area contributed by atoms with Crippen molar-refractivity contribution in [3.05, 3.63) is 71.3 Å². The fourth-order valence-corrected chi connectivity index (χ4v) is 6.59. The summed E-state index contributed by atoms with van der Waals surface area (Å²) < 4.78 is 10.4. The third kappa shape index (κ3) is 6.92. The van der Waals surface area contributed by atoms with Crippen molar-refractivity contribution in [2.24, 2.45) is 0 Å². The van der Waals surface area contributed by atoms with Crippen molar-refractivity contribution in [1.82, 2.24) is 10.2 Å². The summed E-state index contributed by atoms with van der Waals surface area (Å²) in [7, 11) is 1.37. The van der Waals surface area contributed by atoms with Gasteiger partial charge < -0.3 is 19.9 Å². The average Bonchev–Trinajstić information content (AvgIpc) is 2.92. The van der Waals surface area contributed by atoms with Crippen molar-refractivity contribution < 1.29 is 24.2 Å². The lowest BCUT2D eigenvalue weighted by Crippen LogP contribution is -2.54. The molecule has 0 spiro atoms. The van der Waals surface area contributed by atoms with E-state index in [1.165, 1.54) is 7.11 Å². The Kier molecular flexibility index (Phi) is 9.05. The molecule has 1 heterocycles. The molecule has 40 heavy (non-hydrogen) atoms. The molecule has 0 aromatic heterocycles. The van der Waals surface area contributed by atoms with Crippen LogP contribution in [0.5, 0.6) is 0 Å². The molecule has 2 aromatic rings. The molecule has 1 unspecified atom stereocenters. The molecular formula is C32H39IN2O5. The minimum absolute atomic E-state index is 0.307. The predicted octanol–water partition coefficient (Wildman–Crippen LogP) is 6.60. The van der Waals surface area contributed by atoms with E-state index in [1.807, 2.05) is 61.5 Å². The number of nitrogens with zero attached hydrogens (tertiary/aromatic N) is 1. The van der Waals surface area contributed by atoms with Crippen molar-refractivity contribution in [2.45, 2.75) is 86.0 Å². The zero-order chi connectivity index (χ0) is 29.0. The normalized spacial score (nSPS) is 22.2. The van der Waals surface area contributed by atoms with Gasteiger partial charge in [0.1, 0.15) is 14.7 Å². The van der Waals surface area contributed by atoms with E-state index >= 15 is 0 Å². The quantitative estimate of drug-likeness (QED) is 0.158. The second kappa shape index (κ2) is 12.0.